The number of carbonyl (C=O) groups excluding carboxylic acids is 1. The standard InChI is InChI=1S/C20H18N2O/c1-13-17-9-8-16(12-15-6-5-10-21-14(15)2)20(23)19(17)22-11-4-3-7-18(13)22/h3-7,10-12H,8-9H2,1-2H3. The van der Waals surface area contributed by atoms with Gasteiger partial charge in [-0.05, 0) is 67.7 Å². The second-order valence-corrected chi connectivity index (χ2v) is 6.08. The second-order valence-electron chi connectivity index (χ2n) is 6.08. The maximum atomic E-state index is 13.1. The molecule has 1 aliphatic carbocycles. The van der Waals surface area contributed by atoms with Crippen LogP contribution in [0, 0.1) is 13.8 Å². The van der Waals surface area contributed by atoms with Gasteiger partial charge in [0.25, 0.3) is 0 Å². The highest BCUT2D eigenvalue weighted by atomic mass is 16.1. The van der Waals surface area contributed by atoms with Crippen molar-refractivity contribution in [1.29, 1.82) is 0 Å². The van der Waals surface area contributed by atoms with Crippen molar-refractivity contribution in [1.82, 2.24) is 9.38 Å². The molecule has 0 N–H and O–H groups in total. The molecule has 3 nitrogen and oxygen atoms in total. The summed E-state index contributed by atoms with van der Waals surface area (Å²) in [6.07, 6.45) is 7.47. The van der Waals surface area contributed by atoms with Crippen molar-refractivity contribution in [3.63, 3.8) is 0 Å². The van der Waals surface area contributed by atoms with E-state index in [2.05, 4.69) is 18.0 Å². The maximum Gasteiger partial charge on any atom is 0.206 e. The number of carbonyl (C=O) groups is 1. The van der Waals surface area contributed by atoms with Crippen LogP contribution in [0.3, 0.4) is 0 Å². The molecule has 0 saturated carbocycles. The van der Waals surface area contributed by atoms with Crippen LogP contribution in [0.4, 0.5) is 0 Å². The van der Waals surface area contributed by atoms with Gasteiger partial charge in [-0.3, -0.25) is 9.78 Å². The van der Waals surface area contributed by atoms with E-state index in [0.717, 1.165) is 40.9 Å². The minimum absolute atomic E-state index is 0.142. The number of fused-ring (bicyclic) bond motifs is 3. The van der Waals surface area contributed by atoms with Crippen LogP contribution in [-0.2, 0) is 6.42 Å². The van der Waals surface area contributed by atoms with Gasteiger partial charge in [0.15, 0.2) is 0 Å². The van der Waals surface area contributed by atoms with E-state index in [9.17, 15) is 4.79 Å². The molecule has 0 unspecified atom stereocenters. The molecule has 23 heavy (non-hydrogen) atoms. The van der Waals surface area contributed by atoms with Gasteiger partial charge in [0, 0.05) is 29.2 Å². The first-order valence-electron chi connectivity index (χ1n) is 7.92. The zero-order valence-corrected chi connectivity index (χ0v) is 13.3. The van der Waals surface area contributed by atoms with Crippen molar-refractivity contribution in [2.45, 2.75) is 26.7 Å². The minimum atomic E-state index is 0.142. The molecule has 0 bridgehead atoms. The van der Waals surface area contributed by atoms with Crippen molar-refractivity contribution in [2.75, 3.05) is 0 Å². The molecule has 3 aromatic rings. The molecular weight excluding hydrogens is 284 g/mol. The maximum absolute atomic E-state index is 13.1. The van der Waals surface area contributed by atoms with E-state index in [0.29, 0.717) is 0 Å². The Bertz CT molecular complexity index is 963. The third-order valence-electron chi connectivity index (χ3n) is 4.75. The number of allylic oxidation sites excluding steroid dienone is 1. The summed E-state index contributed by atoms with van der Waals surface area (Å²) >= 11 is 0. The van der Waals surface area contributed by atoms with Crippen molar-refractivity contribution < 1.29 is 4.79 Å². The van der Waals surface area contributed by atoms with E-state index in [1.54, 1.807) is 6.20 Å². The molecule has 3 aromatic heterocycles. The van der Waals surface area contributed by atoms with Crippen molar-refractivity contribution in [3.05, 3.63) is 76.4 Å². The number of hydrogen-bond acceptors (Lipinski definition) is 2. The first kappa shape index (κ1) is 13.9. The molecular formula is C20H18N2O. The molecule has 0 radical (unpaired) electrons. The van der Waals surface area contributed by atoms with Crippen LogP contribution >= 0.6 is 0 Å². The van der Waals surface area contributed by atoms with E-state index < -0.39 is 0 Å². The molecule has 0 saturated heterocycles. The lowest BCUT2D eigenvalue weighted by atomic mass is 9.88. The first-order valence-corrected chi connectivity index (χ1v) is 7.92. The highest BCUT2D eigenvalue weighted by molar-refractivity contribution is 6.13. The Labute approximate surface area is 135 Å². The number of ketones is 1. The smallest absolute Gasteiger partial charge is 0.206 e. The van der Waals surface area contributed by atoms with Gasteiger partial charge in [-0.1, -0.05) is 12.1 Å². The number of nitrogens with zero attached hydrogens (tertiary/aromatic N) is 2. The highest BCUT2D eigenvalue weighted by Gasteiger charge is 2.27. The zero-order chi connectivity index (χ0) is 16.0. The fourth-order valence-corrected chi connectivity index (χ4v) is 3.47. The topological polar surface area (TPSA) is 34.4 Å². The van der Waals surface area contributed by atoms with Crippen LogP contribution in [0.5, 0.6) is 0 Å². The van der Waals surface area contributed by atoms with Crippen LogP contribution in [0.2, 0.25) is 0 Å². The third-order valence-corrected chi connectivity index (χ3v) is 4.75. The number of pyridine rings is 2. The number of hydrogen-bond donors (Lipinski definition) is 0. The Hall–Kier alpha value is -2.68. The first-order chi connectivity index (χ1) is 11.2. The molecule has 114 valence electrons. The van der Waals surface area contributed by atoms with Crippen molar-refractivity contribution >= 4 is 17.4 Å². The lowest BCUT2D eigenvalue weighted by molar-refractivity contribution is 0.102. The normalized spacial score (nSPS) is 16.1. The van der Waals surface area contributed by atoms with Gasteiger partial charge in [-0.2, -0.15) is 0 Å². The summed E-state index contributed by atoms with van der Waals surface area (Å²) < 4.78 is 2.04. The van der Waals surface area contributed by atoms with Crippen molar-refractivity contribution in [2.24, 2.45) is 0 Å². The summed E-state index contributed by atoms with van der Waals surface area (Å²) in [5.74, 6) is 0.142. The summed E-state index contributed by atoms with van der Waals surface area (Å²) in [6.45, 7) is 4.09. The molecule has 0 atom stereocenters. The lowest BCUT2D eigenvalue weighted by Crippen LogP contribution is -2.15. The van der Waals surface area contributed by atoms with Crippen LogP contribution in [-0.4, -0.2) is 15.2 Å². The number of aryl methyl sites for hydroxylation is 2. The van der Waals surface area contributed by atoms with E-state index in [1.807, 2.05) is 47.9 Å². The van der Waals surface area contributed by atoms with Gasteiger partial charge in [0.05, 0.1) is 5.69 Å². The van der Waals surface area contributed by atoms with Crippen LogP contribution in [0.25, 0.3) is 11.6 Å². The molecule has 4 rings (SSSR count). The van der Waals surface area contributed by atoms with Crippen molar-refractivity contribution in [3.8, 4) is 0 Å². The zero-order valence-electron chi connectivity index (χ0n) is 13.3. The van der Waals surface area contributed by atoms with E-state index in [-0.39, 0.29) is 5.78 Å². The predicted molar refractivity (Wildman–Crippen MR) is 91.7 cm³/mol. The molecule has 0 amide bonds. The Morgan fingerprint density at radius 1 is 1.13 bits per heavy atom. The molecule has 0 aliphatic heterocycles. The summed E-state index contributed by atoms with van der Waals surface area (Å²) in [7, 11) is 0. The fourth-order valence-electron chi connectivity index (χ4n) is 3.47. The van der Waals surface area contributed by atoms with Gasteiger partial charge >= 0.3 is 0 Å². The van der Waals surface area contributed by atoms with E-state index in [1.165, 1.54) is 11.1 Å². The Morgan fingerprint density at radius 3 is 2.83 bits per heavy atom. The molecule has 3 heterocycles. The number of Topliss-reactive ketones (excluding diaryl/α,β-unsaturated/α-hetero) is 1. The number of aromatic nitrogens is 2. The highest BCUT2D eigenvalue weighted by Crippen LogP contribution is 2.32. The minimum Gasteiger partial charge on any atom is -0.313 e. The molecule has 1 aliphatic rings. The van der Waals surface area contributed by atoms with Crippen LogP contribution < -0.4 is 0 Å². The summed E-state index contributed by atoms with van der Waals surface area (Å²) in [5, 5.41) is 0. The fraction of sp³-hybridized carbons (Fsp3) is 0.200. The van der Waals surface area contributed by atoms with Gasteiger partial charge in [0.2, 0.25) is 5.78 Å². The Kier molecular flexibility index (Phi) is 3.15. The van der Waals surface area contributed by atoms with E-state index in [4.69, 9.17) is 0 Å². The SMILES string of the molecule is Cc1ncccc1C=C1CCc2c(C)c3ccccn3c2C1=O. The predicted octanol–water partition coefficient (Wildman–Crippen LogP) is 4.16. The quantitative estimate of drug-likeness (QED) is 0.632. The Balaban J connectivity index is 1.87. The monoisotopic (exact) mass is 302 g/mol. The molecule has 0 spiro atoms. The molecule has 3 heteroatoms. The van der Waals surface area contributed by atoms with Gasteiger partial charge < -0.3 is 4.40 Å². The largest absolute Gasteiger partial charge is 0.313 e. The Morgan fingerprint density at radius 2 is 2.00 bits per heavy atom. The second kappa shape index (κ2) is 5.20. The summed E-state index contributed by atoms with van der Waals surface area (Å²) in [5.41, 5.74) is 7.23. The summed E-state index contributed by atoms with van der Waals surface area (Å²) in [4.78, 5) is 17.4. The van der Waals surface area contributed by atoms with Gasteiger partial charge in [-0.25, -0.2) is 0 Å². The molecule has 0 fully saturated rings. The van der Waals surface area contributed by atoms with Gasteiger partial charge in [-0.15, -0.1) is 0 Å². The molecule has 0 aromatic carbocycles. The van der Waals surface area contributed by atoms with E-state index >= 15 is 0 Å². The lowest BCUT2D eigenvalue weighted by Gasteiger charge is -2.16. The van der Waals surface area contributed by atoms with Crippen LogP contribution in [0.15, 0.2) is 48.3 Å². The van der Waals surface area contributed by atoms with Crippen LogP contribution in [0.1, 0.15) is 39.3 Å². The summed E-state index contributed by atoms with van der Waals surface area (Å²) in [6, 6.07) is 10.0. The average Bonchev–Trinajstić information content (AvgIpc) is 2.86. The third kappa shape index (κ3) is 2.12. The van der Waals surface area contributed by atoms with Gasteiger partial charge in [0.1, 0.15) is 0 Å². The average molecular weight is 302 g/mol. The number of rotatable bonds is 1.